The zero-order chi connectivity index (χ0) is 18.7. The Morgan fingerprint density at radius 2 is 2.12 bits per heavy atom. The van der Waals surface area contributed by atoms with Crippen molar-refractivity contribution in [2.24, 2.45) is 0 Å². The van der Waals surface area contributed by atoms with Crippen LogP contribution in [0.4, 0.5) is 10.1 Å². The molecule has 0 radical (unpaired) electrons. The molecule has 8 nitrogen and oxygen atoms in total. The normalized spacial score (nSPS) is 10.6. The second kappa shape index (κ2) is 7.67. The number of anilines is 2. The lowest BCUT2D eigenvalue weighted by Crippen LogP contribution is -2.18. The first-order chi connectivity index (χ1) is 12.5. The highest BCUT2D eigenvalue weighted by atomic mass is 32.1. The Balaban J connectivity index is 1.71. The molecule has 0 aliphatic heterocycles. The van der Waals surface area contributed by atoms with Crippen molar-refractivity contribution in [2.75, 3.05) is 17.7 Å². The summed E-state index contributed by atoms with van der Waals surface area (Å²) in [7, 11) is 1.75. The van der Waals surface area contributed by atoms with Crippen molar-refractivity contribution in [3.63, 3.8) is 0 Å². The van der Waals surface area contributed by atoms with Crippen LogP contribution in [-0.4, -0.2) is 28.2 Å². The smallest absolute Gasteiger partial charge is 0.262 e. The molecule has 0 fully saturated rings. The van der Waals surface area contributed by atoms with E-state index in [0.717, 1.165) is 0 Å². The number of thiazole rings is 1. The summed E-state index contributed by atoms with van der Waals surface area (Å²) >= 11 is 2.55. The first-order valence-corrected chi connectivity index (χ1v) is 9.37. The molecule has 0 aliphatic carbocycles. The summed E-state index contributed by atoms with van der Waals surface area (Å²) in [5, 5.41) is 11.4. The number of carbonyl (C=O) groups excluding carboxylic acids is 2. The van der Waals surface area contributed by atoms with Gasteiger partial charge in [0.15, 0.2) is 10.9 Å². The largest absolute Gasteiger partial charge is 0.458 e. The summed E-state index contributed by atoms with van der Waals surface area (Å²) in [4.78, 5) is 27.8. The molecule has 3 aromatic heterocycles. The van der Waals surface area contributed by atoms with Gasteiger partial charge in [0.2, 0.25) is 5.91 Å². The first-order valence-electron chi connectivity index (χ1n) is 7.72. The van der Waals surface area contributed by atoms with Crippen LogP contribution in [0.5, 0.6) is 0 Å². The van der Waals surface area contributed by atoms with E-state index in [4.69, 9.17) is 4.42 Å². The quantitative estimate of drug-likeness (QED) is 0.596. The molecule has 0 bridgehead atoms. The fourth-order valence-electron chi connectivity index (χ4n) is 2.23. The Morgan fingerprint density at radius 1 is 1.31 bits per heavy atom. The highest BCUT2D eigenvalue weighted by Gasteiger charge is 2.19. The van der Waals surface area contributed by atoms with Gasteiger partial charge >= 0.3 is 0 Å². The molecule has 0 saturated heterocycles. The maximum absolute atomic E-state index is 12.5. The van der Waals surface area contributed by atoms with Crippen molar-refractivity contribution in [2.45, 2.75) is 20.4 Å². The van der Waals surface area contributed by atoms with E-state index in [1.807, 2.05) is 0 Å². The lowest BCUT2D eigenvalue weighted by molar-refractivity contribution is -0.119. The summed E-state index contributed by atoms with van der Waals surface area (Å²) in [6.45, 7) is 3.56. The summed E-state index contributed by atoms with van der Waals surface area (Å²) in [6, 6.07) is 3.56. The van der Waals surface area contributed by atoms with Crippen LogP contribution in [0.1, 0.15) is 28.7 Å². The van der Waals surface area contributed by atoms with Gasteiger partial charge in [-0.2, -0.15) is 4.37 Å². The molecular formula is C16H17N5O3S2. The van der Waals surface area contributed by atoms with Crippen LogP contribution in [-0.2, 0) is 11.3 Å². The van der Waals surface area contributed by atoms with Gasteiger partial charge < -0.3 is 15.1 Å². The van der Waals surface area contributed by atoms with E-state index in [-0.39, 0.29) is 11.8 Å². The Bertz CT molecular complexity index is 943. The summed E-state index contributed by atoms with van der Waals surface area (Å²) < 4.78 is 9.86. The molecule has 0 aromatic carbocycles. The van der Waals surface area contributed by atoms with Crippen molar-refractivity contribution < 1.29 is 14.0 Å². The van der Waals surface area contributed by atoms with Gasteiger partial charge in [-0.25, -0.2) is 4.98 Å². The standard InChI is InChI=1S/C16H17N5O3S2/c1-8-13(15(17-3)26-21-8)14(23)20-16-19-11(7-25-16)12-5-4-10(24-12)6-18-9(2)22/h4-5,7,17H,6H2,1-3H3,(H,18,22)(H,19,20,23). The lowest BCUT2D eigenvalue weighted by Gasteiger charge is -2.03. The fourth-order valence-corrected chi connectivity index (χ4v) is 3.67. The lowest BCUT2D eigenvalue weighted by atomic mass is 10.2. The Hall–Kier alpha value is -2.72. The van der Waals surface area contributed by atoms with E-state index in [1.165, 1.54) is 29.8 Å². The number of amides is 2. The first kappa shape index (κ1) is 18.1. The topological polar surface area (TPSA) is 109 Å². The van der Waals surface area contributed by atoms with Gasteiger partial charge in [0.25, 0.3) is 5.91 Å². The molecule has 136 valence electrons. The van der Waals surface area contributed by atoms with Gasteiger partial charge in [-0.1, -0.05) is 0 Å². The van der Waals surface area contributed by atoms with Crippen LogP contribution in [0.2, 0.25) is 0 Å². The minimum absolute atomic E-state index is 0.124. The Morgan fingerprint density at radius 3 is 2.85 bits per heavy atom. The molecule has 0 aliphatic rings. The third-order valence-electron chi connectivity index (χ3n) is 3.47. The molecule has 0 saturated carbocycles. The number of aryl methyl sites for hydroxylation is 1. The number of nitrogens with one attached hydrogen (secondary N) is 3. The SMILES string of the molecule is CNc1snc(C)c1C(=O)Nc1nc(-c2ccc(CNC(C)=O)o2)cs1. The highest BCUT2D eigenvalue weighted by molar-refractivity contribution is 7.14. The van der Waals surface area contributed by atoms with E-state index in [2.05, 4.69) is 25.3 Å². The predicted molar refractivity (Wildman–Crippen MR) is 102 cm³/mol. The van der Waals surface area contributed by atoms with Crippen molar-refractivity contribution in [3.8, 4) is 11.5 Å². The number of furan rings is 1. The minimum Gasteiger partial charge on any atom is -0.458 e. The molecule has 0 unspecified atom stereocenters. The van der Waals surface area contributed by atoms with Crippen molar-refractivity contribution in [1.29, 1.82) is 0 Å². The Kier molecular flexibility index (Phi) is 5.33. The van der Waals surface area contributed by atoms with E-state index in [9.17, 15) is 9.59 Å². The molecule has 3 N–H and O–H groups in total. The molecule has 3 rings (SSSR count). The maximum atomic E-state index is 12.5. The molecule has 0 atom stereocenters. The van der Waals surface area contributed by atoms with Crippen LogP contribution in [0.15, 0.2) is 21.9 Å². The molecule has 10 heteroatoms. The summed E-state index contributed by atoms with van der Waals surface area (Å²) in [5.41, 5.74) is 1.81. The van der Waals surface area contributed by atoms with E-state index in [0.29, 0.717) is 45.1 Å². The molecular weight excluding hydrogens is 374 g/mol. The van der Waals surface area contributed by atoms with Crippen LogP contribution in [0.25, 0.3) is 11.5 Å². The number of carbonyl (C=O) groups is 2. The number of nitrogens with zero attached hydrogens (tertiary/aromatic N) is 2. The number of aromatic nitrogens is 2. The van der Waals surface area contributed by atoms with Crippen LogP contribution < -0.4 is 16.0 Å². The molecule has 26 heavy (non-hydrogen) atoms. The maximum Gasteiger partial charge on any atom is 0.262 e. The van der Waals surface area contributed by atoms with E-state index >= 15 is 0 Å². The second-order valence-corrected chi connectivity index (χ2v) is 7.02. The van der Waals surface area contributed by atoms with Crippen molar-refractivity contribution >= 4 is 44.8 Å². The third kappa shape index (κ3) is 3.92. The number of rotatable bonds is 6. The van der Waals surface area contributed by atoms with Gasteiger partial charge in [-0.15, -0.1) is 11.3 Å². The van der Waals surface area contributed by atoms with Crippen LogP contribution in [0, 0.1) is 6.92 Å². The summed E-state index contributed by atoms with van der Waals surface area (Å²) in [5.74, 6) is 0.826. The van der Waals surface area contributed by atoms with Gasteiger partial charge in [0, 0.05) is 19.4 Å². The fraction of sp³-hybridized carbons (Fsp3) is 0.250. The number of hydrogen-bond acceptors (Lipinski definition) is 8. The van der Waals surface area contributed by atoms with Crippen molar-refractivity contribution in [3.05, 3.63) is 34.5 Å². The second-order valence-electron chi connectivity index (χ2n) is 5.39. The molecule has 3 heterocycles. The average molecular weight is 391 g/mol. The number of hydrogen-bond donors (Lipinski definition) is 3. The summed E-state index contributed by atoms with van der Waals surface area (Å²) in [6.07, 6.45) is 0. The Labute approximate surface area is 157 Å². The van der Waals surface area contributed by atoms with Gasteiger partial charge in [0.05, 0.1) is 17.8 Å². The molecule has 0 spiro atoms. The highest BCUT2D eigenvalue weighted by Crippen LogP contribution is 2.29. The van der Waals surface area contributed by atoms with Crippen molar-refractivity contribution in [1.82, 2.24) is 14.7 Å². The van der Waals surface area contributed by atoms with Gasteiger partial charge in [-0.3, -0.25) is 14.9 Å². The monoisotopic (exact) mass is 391 g/mol. The van der Waals surface area contributed by atoms with E-state index in [1.54, 1.807) is 31.5 Å². The van der Waals surface area contributed by atoms with Crippen LogP contribution in [0.3, 0.4) is 0 Å². The average Bonchev–Trinajstić information content (AvgIpc) is 3.31. The zero-order valence-electron chi connectivity index (χ0n) is 14.4. The van der Waals surface area contributed by atoms with E-state index < -0.39 is 0 Å². The van der Waals surface area contributed by atoms with Crippen LogP contribution >= 0.6 is 22.9 Å². The van der Waals surface area contributed by atoms with Gasteiger partial charge in [0.1, 0.15) is 16.5 Å². The predicted octanol–water partition coefficient (Wildman–Crippen LogP) is 3.10. The molecule has 3 aromatic rings. The zero-order valence-corrected chi connectivity index (χ0v) is 16.0. The molecule has 2 amide bonds. The third-order valence-corrected chi connectivity index (χ3v) is 5.18. The minimum atomic E-state index is -0.257. The van der Waals surface area contributed by atoms with Gasteiger partial charge in [-0.05, 0) is 30.6 Å².